The Bertz CT molecular complexity index is 1140. The lowest BCUT2D eigenvalue weighted by molar-refractivity contribution is 0.0865. The number of sulfonamides is 1. The molecule has 1 amide bonds. The van der Waals surface area contributed by atoms with Crippen molar-refractivity contribution in [2.24, 2.45) is 0 Å². The second-order valence-electron chi connectivity index (χ2n) is 5.56. The van der Waals surface area contributed by atoms with Crippen LogP contribution in [0.1, 0.15) is 15.4 Å². The molecule has 0 radical (unpaired) electrons. The highest BCUT2D eigenvalue weighted by atomic mass is 32.2. The molecule has 0 atom stereocenters. The summed E-state index contributed by atoms with van der Waals surface area (Å²) < 4.78 is 53.1. The molecule has 26 heavy (non-hydrogen) atoms. The van der Waals surface area contributed by atoms with E-state index in [4.69, 9.17) is 0 Å². The number of benzene rings is 2. The third-order valence-electron chi connectivity index (χ3n) is 3.95. The number of fused-ring (bicyclic) bond motifs is 1. The van der Waals surface area contributed by atoms with Crippen molar-refractivity contribution in [3.05, 3.63) is 70.1 Å². The summed E-state index contributed by atoms with van der Waals surface area (Å²) in [5.41, 5.74) is 0.274. The molecule has 132 valence electrons. The number of amides is 1. The van der Waals surface area contributed by atoms with Gasteiger partial charge in [-0.2, -0.15) is 0 Å². The van der Waals surface area contributed by atoms with Gasteiger partial charge in [-0.15, -0.1) is 11.3 Å². The number of nitrogens with zero attached hydrogens (tertiary/aromatic N) is 2. The van der Waals surface area contributed by atoms with Gasteiger partial charge in [-0.05, 0) is 30.3 Å². The fourth-order valence-corrected chi connectivity index (χ4v) is 5.10. The monoisotopic (exact) mass is 392 g/mol. The summed E-state index contributed by atoms with van der Waals surface area (Å²) in [7, 11) is -3.95. The van der Waals surface area contributed by atoms with Gasteiger partial charge in [0.05, 0.1) is 17.8 Å². The molecule has 9 heteroatoms. The molecule has 0 spiro atoms. The van der Waals surface area contributed by atoms with E-state index in [1.807, 2.05) is 0 Å². The molecule has 1 aliphatic heterocycles. The van der Waals surface area contributed by atoms with E-state index in [1.165, 1.54) is 17.5 Å². The maximum absolute atomic E-state index is 13.9. The van der Waals surface area contributed by atoms with Crippen LogP contribution in [-0.2, 0) is 16.6 Å². The Morgan fingerprint density at radius 3 is 2.62 bits per heavy atom. The summed E-state index contributed by atoms with van der Waals surface area (Å²) in [5, 5.41) is 1.79. The van der Waals surface area contributed by atoms with E-state index in [1.54, 1.807) is 12.1 Å². The van der Waals surface area contributed by atoms with E-state index in [9.17, 15) is 22.0 Å². The summed E-state index contributed by atoms with van der Waals surface area (Å²) in [6.45, 7) is -0.266. The molecule has 0 saturated heterocycles. The molecule has 4 rings (SSSR count). The topological polar surface area (TPSA) is 67.3 Å². The second kappa shape index (κ2) is 5.96. The van der Waals surface area contributed by atoms with Crippen molar-refractivity contribution in [1.29, 1.82) is 0 Å². The fourth-order valence-electron chi connectivity index (χ4n) is 2.71. The summed E-state index contributed by atoms with van der Waals surface area (Å²) in [6.07, 6.45) is 0. The molecule has 2 heterocycles. The van der Waals surface area contributed by atoms with E-state index in [0.29, 0.717) is 5.01 Å². The van der Waals surface area contributed by atoms with Crippen LogP contribution >= 0.6 is 11.3 Å². The van der Waals surface area contributed by atoms with Gasteiger partial charge in [0, 0.05) is 10.9 Å². The number of thiazole rings is 1. The van der Waals surface area contributed by atoms with E-state index in [0.717, 1.165) is 33.8 Å². The Morgan fingerprint density at radius 1 is 1.08 bits per heavy atom. The van der Waals surface area contributed by atoms with E-state index in [2.05, 4.69) is 4.98 Å². The maximum Gasteiger partial charge on any atom is 0.269 e. The van der Waals surface area contributed by atoms with Gasteiger partial charge in [-0.25, -0.2) is 26.5 Å². The number of carbonyl (C=O) groups is 1. The van der Waals surface area contributed by atoms with Crippen molar-refractivity contribution in [1.82, 2.24) is 9.29 Å². The lowest BCUT2D eigenvalue weighted by atomic mass is 10.1. The molecule has 0 bridgehead atoms. The molecular formula is C17H10F2N2O3S2. The first-order valence-corrected chi connectivity index (χ1v) is 9.76. The third kappa shape index (κ3) is 2.60. The molecule has 0 aliphatic carbocycles. The highest BCUT2D eigenvalue weighted by Gasteiger charge is 2.41. The third-order valence-corrected chi connectivity index (χ3v) is 6.57. The number of rotatable bonds is 3. The molecule has 0 unspecified atom stereocenters. The smallest absolute Gasteiger partial charge is 0.268 e. The standard InChI is InChI=1S/C17H10F2N2O3S2/c18-10-5-6-13(19)12(7-10)14-9-25-16(20-14)8-21-17(22)11-3-1-2-4-15(11)26(21,23)24/h1-7,9H,8H2. The molecule has 2 aromatic carbocycles. The number of halogens is 2. The molecule has 0 N–H and O–H groups in total. The molecule has 1 aromatic heterocycles. The van der Waals surface area contributed by atoms with Crippen LogP contribution in [0, 0.1) is 11.6 Å². The second-order valence-corrected chi connectivity index (χ2v) is 8.34. The van der Waals surface area contributed by atoms with Gasteiger partial charge in [0.2, 0.25) is 0 Å². The molecule has 0 saturated carbocycles. The van der Waals surface area contributed by atoms with E-state index >= 15 is 0 Å². The average molecular weight is 392 g/mol. The predicted molar refractivity (Wildman–Crippen MR) is 91.0 cm³/mol. The van der Waals surface area contributed by atoms with Crippen molar-refractivity contribution >= 4 is 27.3 Å². The van der Waals surface area contributed by atoms with Crippen molar-refractivity contribution < 1.29 is 22.0 Å². The first-order valence-electron chi connectivity index (χ1n) is 7.44. The number of carbonyl (C=O) groups excluding carboxylic acids is 1. The molecule has 1 aliphatic rings. The normalized spacial score (nSPS) is 15.3. The minimum absolute atomic E-state index is 0.0219. The van der Waals surface area contributed by atoms with Gasteiger partial charge in [-0.1, -0.05) is 12.1 Å². The SMILES string of the molecule is O=C1c2ccccc2S(=O)(=O)N1Cc1nc(-c2cc(F)ccc2F)cs1. The van der Waals surface area contributed by atoms with Crippen LogP contribution in [-0.4, -0.2) is 23.6 Å². The lowest BCUT2D eigenvalue weighted by Gasteiger charge is -2.12. The zero-order valence-corrected chi connectivity index (χ0v) is 14.7. The predicted octanol–water partition coefficient (Wildman–Crippen LogP) is 3.43. The Labute approximate surface area is 151 Å². The van der Waals surface area contributed by atoms with Crippen LogP contribution in [0.25, 0.3) is 11.3 Å². The quantitative estimate of drug-likeness (QED) is 0.685. The van der Waals surface area contributed by atoms with Crippen LogP contribution in [0.3, 0.4) is 0 Å². The fraction of sp³-hybridized carbons (Fsp3) is 0.0588. The minimum atomic E-state index is -3.95. The Kier molecular flexibility index (Phi) is 3.85. The van der Waals surface area contributed by atoms with Gasteiger partial charge in [0.15, 0.2) is 0 Å². The summed E-state index contributed by atoms with van der Waals surface area (Å²) in [5.74, 6) is -1.88. The summed E-state index contributed by atoms with van der Waals surface area (Å²) >= 11 is 1.07. The highest BCUT2D eigenvalue weighted by molar-refractivity contribution is 7.90. The maximum atomic E-state index is 13.9. The number of hydrogen-bond acceptors (Lipinski definition) is 5. The Morgan fingerprint density at radius 2 is 1.85 bits per heavy atom. The Balaban J connectivity index is 1.67. The van der Waals surface area contributed by atoms with Gasteiger partial charge in [0.25, 0.3) is 15.9 Å². The van der Waals surface area contributed by atoms with Gasteiger partial charge in [0.1, 0.15) is 21.5 Å². The van der Waals surface area contributed by atoms with E-state index in [-0.39, 0.29) is 28.3 Å². The van der Waals surface area contributed by atoms with E-state index < -0.39 is 27.6 Å². The van der Waals surface area contributed by atoms with Gasteiger partial charge < -0.3 is 0 Å². The van der Waals surface area contributed by atoms with Crippen LogP contribution in [0.2, 0.25) is 0 Å². The van der Waals surface area contributed by atoms with Gasteiger partial charge in [-0.3, -0.25) is 4.79 Å². The van der Waals surface area contributed by atoms with Crippen LogP contribution in [0.15, 0.2) is 52.7 Å². The largest absolute Gasteiger partial charge is 0.269 e. The van der Waals surface area contributed by atoms with Crippen molar-refractivity contribution in [2.75, 3.05) is 0 Å². The number of hydrogen-bond donors (Lipinski definition) is 0. The molecule has 3 aromatic rings. The molecule has 0 fully saturated rings. The van der Waals surface area contributed by atoms with Crippen LogP contribution < -0.4 is 0 Å². The van der Waals surface area contributed by atoms with Crippen LogP contribution in [0.5, 0.6) is 0 Å². The minimum Gasteiger partial charge on any atom is -0.268 e. The molecule has 5 nitrogen and oxygen atoms in total. The summed E-state index contributed by atoms with van der Waals surface area (Å²) in [6, 6.07) is 8.96. The lowest BCUT2D eigenvalue weighted by Crippen LogP contribution is -2.29. The van der Waals surface area contributed by atoms with Gasteiger partial charge >= 0.3 is 0 Å². The van der Waals surface area contributed by atoms with Crippen LogP contribution in [0.4, 0.5) is 8.78 Å². The van der Waals surface area contributed by atoms with Crippen molar-refractivity contribution in [3.8, 4) is 11.3 Å². The average Bonchev–Trinajstić information content (AvgIpc) is 3.15. The first kappa shape index (κ1) is 16.8. The number of aromatic nitrogens is 1. The van der Waals surface area contributed by atoms with Crippen molar-refractivity contribution in [3.63, 3.8) is 0 Å². The summed E-state index contributed by atoms with van der Waals surface area (Å²) in [4.78, 5) is 16.5. The first-order chi connectivity index (χ1) is 12.4. The zero-order valence-electron chi connectivity index (χ0n) is 13.0. The van der Waals surface area contributed by atoms with Crippen molar-refractivity contribution in [2.45, 2.75) is 11.4 Å². The molecular weight excluding hydrogens is 382 g/mol. The Hall–Kier alpha value is -2.65. The zero-order chi connectivity index (χ0) is 18.5. The highest BCUT2D eigenvalue weighted by Crippen LogP contribution is 2.33.